The van der Waals surface area contributed by atoms with Crippen LogP contribution < -0.4 is 5.73 Å². The molecule has 17 heavy (non-hydrogen) atoms. The van der Waals surface area contributed by atoms with Gasteiger partial charge < -0.3 is 15.6 Å². The number of rotatable bonds is 4. The minimum Gasteiger partial charge on any atom is -0.389 e. The van der Waals surface area contributed by atoms with Crippen molar-refractivity contribution < 1.29 is 18.3 Å². The lowest BCUT2D eigenvalue weighted by Crippen LogP contribution is -2.62. The van der Waals surface area contributed by atoms with Crippen molar-refractivity contribution in [2.45, 2.75) is 37.9 Å². The van der Waals surface area contributed by atoms with Gasteiger partial charge >= 0.3 is 0 Å². The quantitative estimate of drug-likeness (QED) is 0.725. The van der Waals surface area contributed by atoms with Crippen molar-refractivity contribution in [3.63, 3.8) is 0 Å². The van der Waals surface area contributed by atoms with Gasteiger partial charge in [-0.1, -0.05) is 0 Å². The van der Waals surface area contributed by atoms with Crippen LogP contribution in [0.3, 0.4) is 0 Å². The minimum atomic E-state index is -3.04. The van der Waals surface area contributed by atoms with Crippen molar-refractivity contribution in [1.29, 1.82) is 0 Å². The normalized spacial score (nSPS) is 44.5. The molecule has 1 unspecified atom stereocenters. The summed E-state index contributed by atoms with van der Waals surface area (Å²) >= 11 is 0. The summed E-state index contributed by atoms with van der Waals surface area (Å²) in [5, 5.41) is 10.6. The molecule has 2 rings (SSSR count). The maximum atomic E-state index is 11.6. The molecule has 0 aromatic rings. The van der Waals surface area contributed by atoms with Crippen LogP contribution in [0.5, 0.6) is 0 Å². The molecular formula is C11H21NO4S. The van der Waals surface area contributed by atoms with Crippen LogP contribution in [0.1, 0.15) is 26.2 Å². The standard InChI is InChI=1S/C11H21NO4S/c1-2-16-9-5-11(13,6-9)10(7-12)3-4-17(14,15)8-10/h9,13H,2-8,12H2,1H3. The van der Waals surface area contributed by atoms with Gasteiger partial charge in [0, 0.05) is 31.4 Å². The monoisotopic (exact) mass is 263 g/mol. The van der Waals surface area contributed by atoms with Crippen LogP contribution >= 0.6 is 0 Å². The van der Waals surface area contributed by atoms with Crippen molar-refractivity contribution >= 4 is 9.84 Å². The van der Waals surface area contributed by atoms with Gasteiger partial charge in [-0.25, -0.2) is 8.42 Å². The van der Waals surface area contributed by atoms with Crippen molar-refractivity contribution in [3.05, 3.63) is 0 Å². The van der Waals surface area contributed by atoms with Crippen molar-refractivity contribution in [3.8, 4) is 0 Å². The lowest BCUT2D eigenvalue weighted by atomic mass is 9.59. The largest absolute Gasteiger partial charge is 0.389 e. The van der Waals surface area contributed by atoms with Crippen LogP contribution in [0, 0.1) is 5.41 Å². The number of hydrogen-bond donors (Lipinski definition) is 2. The first-order valence-corrected chi connectivity index (χ1v) is 7.93. The maximum Gasteiger partial charge on any atom is 0.151 e. The van der Waals surface area contributed by atoms with Gasteiger partial charge in [0.2, 0.25) is 0 Å². The molecule has 1 atom stereocenters. The van der Waals surface area contributed by atoms with Gasteiger partial charge in [0.25, 0.3) is 0 Å². The highest BCUT2D eigenvalue weighted by molar-refractivity contribution is 7.91. The summed E-state index contributed by atoms with van der Waals surface area (Å²) in [5.74, 6) is 0.164. The predicted octanol–water partition coefficient (Wildman–Crippen LogP) is -0.320. The molecular weight excluding hydrogens is 242 g/mol. The zero-order chi connectivity index (χ0) is 12.7. The number of ether oxygens (including phenoxy) is 1. The fourth-order valence-electron chi connectivity index (χ4n) is 3.11. The summed E-state index contributed by atoms with van der Waals surface area (Å²) in [4.78, 5) is 0. The maximum absolute atomic E-state index is 11.6. The first-order valence-electron chi connectivity index (χ1n) is 6.11. The molecule has 3 N–H and O–H groups in total. The summed E-state index contributed by atoms with van der Waals surface area (Å²) < 4.78 is 28.6. The molecule has 1 saturated heterocycles. The molecule has 0 aromatic heterocycles. The third-order valence-corrected chi connectivity index (χ3v) is 6.12. The molecule has 0 spiro atoms. The van der Waals surface area contributed by atoms with E-state index in [0.29, 0.717) is 25.9 Å². The molecule has 1 heterocycles. The van der Waals surface area contributed by atoms with Gasteiger partial charge in [-0.15, -0.1) is 0 Å². The Morgan fingerprint density at radius 2 is 2.12 bits per heavy atom. The molecule has 1 aliphatic heterocycles. The highest BCUT2D eigenvalue weighted by Crippen LogP contribution is 2.52. The highest BCUT2D eigenvalue weighted by Gasteiger charge is 2.61. The fourth-order valence-corrected chi connectivity index (χ4v) is 5.33. The summed E-state index contributed by atoms with van der Waals surface area (Å²) in [6.07, 6.45) is 1.54. The molecule has 0 amide bonds. The number of hydrogen-bond acceptors (Lipinski definition) is 5. The van der Waals surface area contributed by atoms with Gasteiger partial charge in [-0.3, -0.25) is 0 Å². The highest BCUT2D eigenvalue weighted by atomic mass is 32.2. The Morgan fingerprint density at radius 3 is 2.53 bits per heavy atom. The van der Waals surface area contributed by atoms with Crippen molar-refractivity contribution in [2.75, 3.05) is 24.7 Å². The van der Waals surface area contributed by atoms with E-state index in [9.17, 15) is 13.5 Å². The Bertz CT molecular complexity index is 388. The lowest BCUT2D eigenvalue weighted by molar-refractivity contribution is -0.193. The van der Waals surface area contributed by atoms with Gasteiger partial charge in [0.15, 0.2) is 9.84 Å². The molecule has 1 aliphatic carbocycles. The second-order valence-corrected chi connectivity index (χ2v) is 7.53. The van der Waals surface area contributed by atoms with E-state index in [2.05, 4.69) is 0 Å². The van der Waals surface area contributed by atoms with Gasteiger partial charge in [-0.05, 0) is 13.3 Å². The van der Waals surface area contributed by atoms with E-state index >= 15 is 0 Å². The van der Waals surface area contributed by atoms with Crippen LogP contribution in [0.25, 0.3) is 0 Å². The molecule has 5 nitrogen and oxygen atoms in total. The van der Waals surface area contributed by atoms with E-state index in [-0.39, 0.29) is 24.2 Å². The molecule has 0 bridgehead atoms. The Kier molecular flexibility index (Phi) is 3.27. The first-order chi connectivity index (χ1) is 7.86. The predicted molar refractivity (Wildman–Crippen MR) is 64.4 cm³/mol. The number of aliphatic hydroxyl groups is 1. The van der Waals surface area contributed by atoms with Gasteiger partial charge in [0.1, 0.15) is 0 Å². The summed E-state index contributed by atoms with van der Waals surface area (Å²) in [7, 11) is -3.04. The van der Waals surface area contributed by atoms with Crippen LogP contribution in [-0.4, -0.2) is 49.9 Å². The van der Waals surface area contributed by atoms with Crippen LogP contribution in [0.2, 0.25) is 0 Å². The molecule has 1 saturated carbocycles. The average molecular weight is 263 g/mol. The fraction of sp³-hybridized carbons (Fsp3) is 1.00. The molecule has 0 aromatic carbocycles. The van der Waals surface area contributed by atoms with Crippen LogP contribution in [0.15, 0.2) is 0 Å². The van der Waals surface area contributed by atoms with Crippen LogP contribution in [0.4, 0.5) is 0 Å². The van der Waals surface area contributed by atoms with Gasteiger partial charge in [-0.2, -0.15) is 0 Å². The van der Waals surface area contributed by atoms with Crippen molar-refractivity contribution in [1.82, 2.24) is 0 Å². The van der Waals surface area contributed by atoms with E-state index in [0.717, 1.165) is 0 Å². The third-order valence-electron chi connectivity index (χ3n) is 4.30. The summed E-state index contributed by atoms with van der Waals surface area (Å²) in [6, 6.07) is 0. The zero-order valence-electron chi connectivity index (χ0n) is 10.2. The topological polar surface area (TPSA) is 89.6 Å². The van der Waals surface area contributed by atoms with Crippen molar-refractivity contribution in [2.24, 2.45) is 11.1 Å². The van der Waals surface area contributed by atoms with Gasteiger partial charge in [0.05, 0.1) is 23.2 Å². The Hall–Kier alpha value is -0.170. The molecule has 2 fully saturated rings. The second-order valence-electron chi connectivity index (χ2n) is 5.34. The van der Waals surface area contributed by atoms with E-state index in [1.807, 2.05) is 6.92 Å². The molecule has 2 aliphatic rings. The number of nitrogens with two attached hydrogens (primary N) is 1. The Balaban J connectivity index is 2.11. The molecule has 6 heteroatoms. The van der Waals surface area contributed by atoms with Crippen LogP contribution in [-0.2, 0) is 14.6 Å². The first kappa shape index (κ1) is 13.3. The average Bonchev–Trinajstić information content (AvgIpc) is 2.54. The summed E-state index contributed by atoms with van der Waals surface area (Å²) in [6.45, 7) is 2.76. The minimum absolute atomic E-state index is 0.0197. The Morgan fingerprint density at radius 1 is 1.47 bits per heavy atom. The summed E-state index contributed by atoms with van der Waals surface area (Å²) in [5.41, 5.74) is 4.13. The lowest BCUT2D eigenvalue weighted by Gasteiger charge is -2.53. The SMILES string of the molecule is CCOC1CC(O)(C2(CN)CCS(=O)(=O)C2)C1. The van der Waals surface area contributed by atoms with E-state index in [1.54, 1.807) is 0 Å². The van der Waals surface area contributed by atoms with E-state index < -0.39 is 20.9 Å². The van der Waals surface area contributed by atoms with E-state index in [1.165, 1.54) is 0 Å². The smallest absolute Gasteiger partial charge is 0.151 e. The Labute approximate surface area is 102 Å². The van der Waals surface area contributed by atoms with E-state index in [4.69, 9.17) is 10.5 Å². The molecule has 0 radical (unpaired) electrons. The molecule has 100 valence electrons. The number of sulfone groups is 1. The second kappa shape index (κ2) is 4.19. The third kappa shape index (κ3) is 2.12. The zero-order valence-corrected chi connectivity index (χ0v) is 11.0.